The van der Waals surface area contributed by atoms with Crippen LogP contribution in [0, 0.1) is 261 Å². The van der Waals surface area contributed by atoms with Gasteiger partial charge >= 0.3 is 154 Å². The molecule has 2 N–H and O–H groups in total. The Morgan fingerprint density at radius 1 is 0.575 bits per heavy atom. The van der Waals surface area contributed by atoms with Crippen LogP contribution in [0.2, 0.25) is 0 Å². The van der Waals surface area contributed by atoms with Crippen molar-refractivity contribution in [2.75, 3.05) is 14.2 Å². The number of methoxy groups -OCH3 is 2. The van der Waals surface area contributed by atoms with Crippen molar-refractivity contribution in [1.82, 2.24) is 9.13 Å². The Hall–Kier alpha value is -8.19. The van der Waals surface area contributed by atoms with Gasteiger partial charge in [0.15, 0.2) is 0 Å². The normalized spacial score (nSPS) is 8.03. The number of esters is 2. The number of ether oxygens (including phenoxy) is 4. The summed E-state index contributed by atoms with van der Waals surface area (Å²) < 4.78 is 46.5. The summed E-state index contributed by atoms with van der Waals surface area (Å²) in [6.07, 6.45) is 6.94. The fraction of sp³-hybridized carbons (Fsp3) is 0.138. The molecule has 0 aliphatic carbocycles. The van der Waals surface area contributed by atoms with Gasteiger partial charge in [-0.15, -0.1) is 6.42 Å². The van der Waals surface area contributed by atoms with Crippen LogP contribution in [0.25, 0.3) is 11.3 Å². The average Bonchev–Trinajstić information content (AvgIpc) is 1.66. The molecule has 556 valence electrons. The van der Waals surface area contributed by atoms with Gasteiger partial charge in [-0.05, 0) is 237 Å². The van der Waals surface area contributed by atoms with Crippen molar-refractivity contribution < 1.29 is 157 Å². The van der Waals surface area contributed by atoms with E-state index in [1.807, 2.05) is 49.4 Å². The van der Waals surface area contributed by atoms with Crippen molar-refractivity contribution >= 4 is 168 Å². The topological polar surface area (TPSA) is 240 Å². The number of benzene rings is 2. The molecule has 3 unspecified atom stereocenters. The van der Waals surface area contributed by atoms with Crippen LogP contribution >= 0.6 is 64.1 Å². The molecule has 2 aromatic carbocycles. The van der Waals surface area contributed by atoms with Crippen LogP contribution in [0.5, 0.6) is 0 Å². The minimum absolute atomic E-state index is 0. The van der Waals surface area contributed by atoms with Crippen molar-refractivity contribution in [2.45, 2.75) is 59.7 Å². The van der Waals surface area contributed by atoms with Crippen LogP contribution in [0.1, 0.15) is 108 Å². The number of aromatic nitrogens is 2. The summed E-state index contributed by atoms with van der Waals surface area (Å²) in [7, 11) is -0.703. The molecule has 0 amide bonds. The molecule has 0 bridgehead atoms. The SMILES string of the molecule is C#CC#CC#CC#CC#CC#CC#CC#CC#CC#CC#CC#CC#CC#CC#CC#CC#CC#CC#CC#CC#CC#CC.CC(C)(C)OC(=O)n1cccc1B(O)O.COC(=O)c1ccc(-c2cccn2C(=O)OC(C)(C)C)cc1.COC(=O)c1ccc(Br)cc1.O=[P+]([O-])O[O-].[2H]P(P)N=CI.[HH].[HH].[HH].[HH].[HH].[HH].[HH].[HH].[HH].[HH].[HH].[HH].[HH].[HH].[HH].[HH].[HH].[HH].[HH].[HH].[HH].[HH].[HH].[HH].[HH].[HH].[HH].[K+].[K][K]. The van der Waals surface area contributed by atoms with Gasteiger partial charge in [0.25, 0.3) is 0 Å². The fourth-order valence-electron chi connectivity index (χ4n) is 5.11. The van der Waals surface area contributed by atoms with E-state index < -0.39 is 53.1 Å². The van der Waals surface area contributed by atoms with E-state index >= 15 is 0 Å². The van der Waals surface area contributed by atoms with Crippen molar-refractivity contribution in [3.63, 3.8) is 0 Å². The van der Waals surface area contributed by atoms with E-state index in [1.165, 1.54) is 94.2 Å². The zero-order valence-corrected chi connectivity index (χ0v) is 74.7. The summed E-state index contributed by atoms with van der Waals surface area (Å²) in [5.74, 6) is 106. The van der Waals surface area contributed by atoms with Gasteiger partial charge < -0.3 is 39.1 Å². The van der Waals surface area contributed by atoms with Gasteiger partial charge in [-0.3, -0.25) is 13.9 Å². The molecule has 106 heavy (non-hydrogen) atoms. The Balaban J connectivity index is -0.0000000353. The molecule has 4 aromatic rings. The van der Waals surface area contributed by atoms with Gasteiger partial charge in [0.05, 0.1) is 42.1 Å². The summed E-state index contributed by atoms with van der Waals surface area (Å²) in [5.41, 5.74) is 1.45. The van der Waals surface area contributed by atoms with Crippen molar-refractivity contribution in [2.24, 2.45) is 4.76 Å². The molecule has 0 spiro atoms. The van der Waals surface area contributed by atoms with Gasteiger partial charge in [-0.2, -0.15) is 0 Å². The van der Waals surface area contributed by atoms with Crippen LogP contribution in [0.3, 0.4) is 0 Å². The molecule has 17 nitrogen and oxygen atoms in total. The second-order valence-electron chi connectivity index (χ2n) is 18.1. The molecule has 3 atom stereocenters. The molecule has 0 saturated carbocycles. The predicted octanol–water partition coefficient (Wildman–Crippen LogP) is 9.64. The first kappa shape index (κ1) is 102. The van der Waals surface area contributed by atoms with Crippen molar-refractivity contribution in [3.8, 4) is 272 Å². The molecule has 0 radical (unpaired) electrons. The second-order valence-corrected chi connectivity index (χ2v) is 21.3. The summed E-state index contributed by atoms with van der Waals surface area (Å²) in [4.78, 5) is 55.0. The van der Waals surface area contributed by atoms with Gasteiger partial charge in [-0.25, -0.2) is 23.9 Å². The summed E-state index contributed by atoms with van der Waals surface area (Å²) in [6, 6.07) is 20.4. The van der Waals surface area contributed by atoms with Gasteiger partial charge in [0.1, 0.15) is 11.2 Å². The first-order valence-corrected chi connectivity index (χ1v) is 50.1. The van der Waals surface area contributed by atoms with Crippen LogP contribution in [-0.2, 0) is 28.2 Å². The summed E-state index contributed by atoms with van der Waals surface area (Å²) >= 11 is 7.76. The number of carbonyl (C=O) groups is 4. The van der Waals surface area contributed by atoms with Crippen LogP contribution in [0.15, 0.2) is 94.4 Å². The van der Waals surface area contributed by atoms with Gasteiger partial charge in [-0.1, -0.05) is 42.9 Å². The monoisotopic (exact) mass is 1760 g/mol. The molecule has 0 aliphatic heterocycles. The number of hydrogen-bond donors (Lipinski definition) is 2. The number of halogens is 2. The van der Waals surface area contributed by atoms with E-state index in [0.29, 0.717) is 16.8 Å². The van der Waals surface area contributed by atoms with Gasteiger partial charge in [0, 0.05) is 218 Å². The quantitative estimate of drug-likeness (QED) is 0.0210. The summed E-state index contributed by atoms with van der Waals surface area (Å²) in [5, 5.41) is 26.5. The Kier molecular flexibility index (Phi) is 69.6. The molecule has 0 aliphatic rings. The average molecular weight is 1760 g/mol. The summed E-state index contributed by atoms with van der Waals surface area (Å²) in [6.45, 7) is 12.4. The molecule has 4 rings (SSSR count). The van der Waals surface area contributed by atoms with Crippen LogP contribution < -0.4 is 67.1 Å². The van der Waals surface area contributed by atoms with E-state index in [4.69, 9.17) is 41.9 Å². The molecule has 2 heterocycles. The molecule has 0 fully saturated rings. The van der Waals surface area contributed by atoms with Crippen molar-refractivity contribution in [1.29, 1.82) is 1.28 Å². The first-order valence-electron chi connectivity index (χ1n) is 29.0. The zero-order valence-electron chi connectivity index (χ0n) is 59.7. The molecule has 26 heteroatoms. The molecule has 0 saturated heterocycles. The predicted molar refractivity (Wildman–Crippen MR) is 480 cm³/mol. The third-order valence-electron chi connectivity index (χ3n) is 8.71. The molecular formula is C80H102BBrIK3N3O14P3. The zero-order chi connectivity index (χ0) is 79.9. The van der Waals surface area contributed by atoms with Crippen LogP contribution in [0.4, 0.5) is 9.59 Å². The third-order valence-corrected chi connectivity index (χ3v) is 10.7. The van der Waals surface area contributed by atoms with E-state index in [2.05, 4.69) is 298 Å². The Morgan fingerprint density at radius 3 is 1.09 bits per heavy atom. The second kappa shape index (κ2) is 72.4. The van der Waals surface area contributed by atoms with E-state index in [9.17, 15) is 19.2 Å². The number of rotatable bonds is 6. The van der Waals surface area contributed by atoms with E-state index in [-0.39, 0.29) is 101 Å². The number of carbonyl (C=O) groups excluding carboxylic acids is 4. The van der Waals surface area contributed by atoms with Crippen molar-refractivity contribution in [3.05, 3.63) is 101 Å². The Labute approximate surface area is 777 Å². The standard InChI is InChI=1S/C45H4.C17H19NO4.C9H14BNO4.C8H7BrO2.CH4INP2.3K.HO4P.27H2/c1-3-5-7-9-11-13-15-17-19-21-23-25-27-29-31-33-35-37-39-41-43-45-44-42-40-38-36-34-32-30-28-26-24-22-20-18-16-14-12-10-8-6-4-2;1-17(2,3)22-16(20)18-11-5-6-14(18)12-7-9-13(10-8-12)15(19)21-4;1-9(2,3)15-8(12)11-6-4-5-7(11)10(13)14;1-11-8(10)6-2-4-7(9)5-3-6;2-1-3-5-4;;;;1-4-5(2)3;;;;;;;;;;;;;;;;;;;;;;;;;;;/h1H,2H3;5-11H,1-4H3;4-6,13-14H,1-3H3;2-5H,1H3;1,5H,4H2;;;;1H;27*1H/q;;;;;;;+1;;;;;;;;;;;;;;;;;;;;;;;;;;;;/p-1/i;;;;5D;;;;;;;;;;;;;;;;;;;;;;;;;;;;;;;. The van der Waals surface area contributed by atoms with E-state index in [0.717, 1.165) is 14.6 Å². The van der Waals surface area contributed by atoms with E-state index in [1.54, 1.807) is 98.8 Å². The molecular weight excluding hydrogens is 1650 g/mol. The molecule has 2 aromatic heterocycles. The number of terminal acetylenes is 1. The number of nitrogens with zero attached hydrogens (tertiary/aromatic N) is 3. The maximum absolute atomic E-state index is 12.2. The fourth-order valence-corrected chi connectivity index (χ4v) is 6.87. The number of hydrogen-bond acceptors (Lipinski definition) is 15. The van der Waals surface area contributed by atoms with Crippen LogP contribution in [-0.4, -0.2) is 145 Å². The maximum atomic E-state index is 12.2. The first-order chi connectivity index (χ1) is 50.8. The third kappa shape index (κ3) is 64.2. The Morgan fingerprint density at radius 2 is 0.849 bits per heavy atom. The Bertz CT molecular complexity index is 5400. The van der Waals surface area contributed by atoms with Gasteiger partial charge in [0.2, 0.25) is 0 Å². The minimum atomic E-state index is -3.15.